The Balaban J connectivity index is 1.66. The van der Waals surface area contributed by atoms with Crippen molar-refractivity contribution in [2.24, 2.45) is 0 Å². The first-order valence-electron chi connectivity index (χ1n) is 6.38. The molecule has 0 unspecified atom stereocenters. The van der Waals surface area contributed by atoms with E-state index in [4.69, 9.17) is 11.6 Å². The molecule has 1 aliphatic carbocycles. The molecule has 2 rings (SSSR count). The Morgan fingerprint density at radius 3 is 2.83 bits per heavy atom. The maximum atomic E-state index is 10.7. The Bertz CT molecular complexity index is 416. The number of rotatable bonds is 5. The van der Waals surface area contributed by atoms with Gasteiger partial charge >= 0.3 is 0 Å². The van der Waals surface area contributed by atoms with Crippen LogP contribution in [0.15, 0.2) is 24.3 Å². The standard InChI is InChI=1S/C14H19ClN2O/c1-10(18)16-5-6-17-14-8-12(9-14)11-3-2-4-13(15)7-11/h2-4,7,12,14,17H,5-6,8-9H2,1H3,(H,16,18). The van der Waals surface area contributed by atoms with Gasteiger partial charge in [0, 0.05) is 31.1 Å². The third kappa shape index (κ3) is 3.72. The van der Waals surface area contributed by atoms with Crippen LogP contribution in [0.5, 0.6) is 0 Å². The minimum Gasteiger partial charge on any atom is -0.355 e. The fourth-order valence-corrected chi connectivity index (χ4v) is 2.53. The third-order valence-electron chi connectivity index (χ3n) is 3.39. The minimum absolute atomic E-state index is 0.0298. The van der Waals surface area contributed by atoms with Crippen molar-refractivity contribution in [3.8, 4) is 0 Å². The zero-order chi connectivity index (χ0) is 13.0. The van der Waals surface area contributed by atoms with Crippen molar-refractivity contribution in [2.75, 3.05) is 13.1 Å². The largest absolute Gasteiger partial charge is 0.355 e. The summed E-state index contributed by atoms with van der Waals surface area (Å²) in [7, 11) is 0. The highest BCUT2D eigenvalue weighted by molar-refractivity contribution is 6.30. The molecule has 0 saturated heterocycles. The van der Waals surface area contributed by atoms with E-state index in [9.17, 15) is 4.79 Å². The summed E-state index contributed by atoms with van der Waals surface area (Å²) >= 11 is 5.98. The molecule has 1 amide bonds. The lowest BCUT2D eigenvalue weighted by molar-refractivity contribution is -0.118. The Morgan fingerprint density at radius 2 is 2.17 bits per heavy atom. The van der Waals surface area contributed by atoms with E-state index in [1.54, 1.807) is 6.92 Å². The van der Waals surface area contributed by atoms with Gasteiger partial charge in [-0.2, -0.15) is 0 Å². The number of hydrogen-bond acceptors (Lipinski definition) is 2. The second kappa shape index (κ2) is 6.21. The van der Waals surface area contributed by atoms with E-state index >= 15 is 0 Å². The smallest absolute Gasteiger partial charge is 0.216 e. The molecular weight excluding hydrogens is 248 g/mol. The molecule has 3 nitrogen and oxygen atoms in total. The summed E-state index contributed by atoms with van der Waals surface area (Å²) in [6.07, 6.45) is 2.31. The van der Waals surface area contributed by atoms with Crippen LogP contribution in [0, 0.1) is 0 Å². The number of carbonyl (C=O) groups is 1. The van der Waals surface area contributed by atoms with E-state index in [1.165, 1.54) is 5.56 Å². The first kappa shape index (κ1) is 13.4. The third-order valence-corrected chi connectivity index (χ3v) is 3.63. The van der Waals surface area contributed by atoms with Gasteiger partial charge in [0.15, 0.2) is 0 Å². The van der Waals surface area contributed by atoms with Crippen LogP contribution in [0.4, 0.5) is 0 Å². The summed E-state index contributed by atoms with van der Waals surface area (Å²) in [4.78, 5) is 10.7. The highest BCUT2D eigenvalue weighted by atomic mass is 35.5. The number of carbonyl (C=O) groups excluding carboxylic acids is 1. The van der Waals surface area contributed by atoms with Crippen LogP contribution in [-0.4, -0.2) is 25.0 Å². The predicted octanol–water partition coefficient (Wildman–Crippen LogP) is 2.31. The summed E-state index contributed by atoms with van der Waals surface area (Å²) < 4.78 is 0. The first-order chi connectivity index (χ1) is 8.65. The molecule has 1 saturated carbocycles. The van der Waals surface area contributed by atoms with Crippen LogP contribution in [0.25, 0.3) is 0 Å². The average molecular weight is 267 g/mol. The monoisotopic (exact) mass is 266 g/mol. The van der Waals surface area contributed by atoms with Gasteiger partial charge in [0.1, 0.15) is 0 Å². The molecule has 1 aromatic carbocycles. The predicted molar refractivity (Wildman–Crippen MR) is 73.9 cm³/mol. The fourth-order valence-electron chi connectivity index (χ4n) is 2.33. The fraction of sp³-hybridized carbons (Fsp3) is 0.500. The second-order valence-corrected chi connectivity index (χ2v) is 5.29. The van der Waals surface area contributed by atoms with Gasteiger partial charge in [-0.05, 0) is 36.5 Å². The van der Waals surface area contributed by atoms with Crippen LogP contribution in [-0.2, 0) is 4.79 Å². The van der Waals surface area contributed by atoms with Crippen LogP contribution >= 0.6 is 11.6 Å². The first-order valence-corrected chi connectivity index (χ1v) is 6.76. The van der Waals surface area contributed by atoms with Gasteiger partial charge in [-0.25, -0.2) is 0 Å². The number of amides is 1. The zero-order valence-electron chi connectivity index (χ0n) is 10.6. The number of hydrogen-bond donors (Lipinski definition) is 2. The maximum Gasteiger partial charge on any atom is 0.216 e. The summed E-state index contributed by atoms with van der Waals surface area (Å²) in [5.74, 6) is 0.657. The van der Waals surface area contributed by atoms with E-state index < -0.39 is 0 Å². The zero-order valence-corrected chi connectivity index (χ0v) is 11.3. The normalized spacial score (nSPS) is 22.3. The molecule has 4 heteroatoms. The summed E-state index contributed by atoms with van der Waals surface area (Å²) in [6.45, 7) is 3.08. The Labute approximate surface area is 113 Å². The molecule has 0 bridgehead atoms. The van der Waals surface area contributed by atoms with Gasteiger partial charge in [0.05, 0.1) is 0 Å². The van der Waals surface area contributed by atoms with E-state index in [1.807, 2.05) is 12.1 Å². The lowest BCUT2D eigenvalue weighted by Gasteiger charge is -2.36. The Morgan fingerprint density at radius 1 is 1.39 bits per heavy atom. The van der Waals surface area contributed by atoms with Crippen LogP contribution in [0.2, 0.25) is 5.02 Å². The average Bonchev–Trinajstić information content (AvgIpc) is 2.25. The Kier molecular flexibility index (Phi) is 4.61. The van der Waals surface area contributed by atoms with Gasteiger partial charge in [-0.3, -0.25) is 4.79 Å². The second-order valence-electron chi connectivity index (χ2n) is 4.86. The lowest BCUT2D eigenvalue weighted by atomic mass is 9.76. The lowest BCUT2D eigenvalue weighted by Crippen LogP contribution is -2.43. The van der Waals surface area contributed by atoms with E-state index in [0.29, 0.717) is 18.5 Å². The quantitative estimate of drug-likeness (QED) is 0.803. The number of halogens is 1. The van der Waals surface area contributed by atoms with E-state index in [0.717, 1.165) is 24.4 Å². The molecule has 1 aromatic rings. The molecule has 0 atom stereocenters. The van der Waals surface area contributed by atoms with E-state index in [-0.39, 0.29) is 5.91 Å². The topological polar surface area (TPSA) is 41.1 Å². The Hall–Kier alpha value is -1.06. The van der Waals surface area contributed by atoms with Crippen LogP contribution in [0.1, 0.15) is 31.2 Å². The van der Waals surface area contributed by atoms with Gasteiger partial charge in [-0.1, -0.05) is 23.7 Å². The van der Waals surface area contributed by atoms with Gasteiger partial charge in [0.2, 0.25) is 5.91 Å². The van der Waals surface area contributed by atoms with Crippen molar-refractivity contribution >= 4 is 17.5 Å². The molecule has 1 fully saturated rings. The van der Waals surface area contributed by atoms with Crippen molar-refractivity contribution in [1.82, 2.24) is 10.6 Å². The highest BCUT2D eigenvalue weighted by Crippen LogP contribution is 2.37. The molecule has 0 aliphatic heterocycles. The number of benzene rings is 1. The van der Waals surface area contributed by atoms with Crippen molar-refractivity contribution in [2.45, 2.75) is 31.7 Å². The molecule has 0 spiro atoms. The molecule has 0 aromatic heterocycles. The summed E-state index contributed by atoms with van der Waals surface area (Å²) in [5.41, 5.74) is 1.34. The van der Waals surface area contributed by atoms with Crippen molar-refractivity contribution in [1.29, 1.82) is 0 Å². The van der Waals surface area contributed by atoms with E-state index in [2.05, 4.69) is 22.8 Å². The molecule has 0 radical (unpaired) electrons. The molecule has 98 valence electrons. The van der Waals surface area contributed by atoms with Crippen molar-refractivity contribution in [3.05, 3.63) is 34.9 Å². The molecule has 1 aliphatic rings. The van der Waals surface area contributed by atoms with Gasteiger partial charge in [-0.15, -0.1) is 0 Å². The maximum absolute atomic E-state index is 10.7. The minimum atomic E-state index is 0.0298. The molecule has 18 heavy (non-hydrogen) atoms. The summed E-state index contributed by atoms with van der Waals surface area (Å²) in [5, 5.41) is 7.04. The van der Waals surface area contributed by atoms with Crippen LogP contribution in [0.3, 0.4) is 0 Å². The van der Waals surface area contributed by atoms with Crippen LogP contribution < -0.4 is 10.6 Å². The highest BCUT2D eigenvalue weighted by Gasteiger charge is 2.29. The molecule has 2 N–H and O–H groups in total. The molecule has 0 heterocycles. The molecular formula is C14H19ClN2O. The van der Waals surface area contributed by atoms with Crippen molar-refractivity contribution < 1.29 is 4.79 Å². The van der Waals surface area contributed by atoms with Gasteiger partial charge in [0.25, 0.3) is 0 Å². The van der Waals surface area contributed by atoms with Crippen molar-refractivity contribution in [3.63, 3.8) is 0 Å². The SMILES string of the molecule is CC(=O)NCCNC1CC(c2cccc(Cl)c2)C1. The van der Waals surface area contributed by atoms with Gasteiger partial charge < -0.3 is 10.6 Å². The summed E-state index contributed by atoms with van der Waals surface area (Å²) in [6, 6.07) is 8.69. The number of nitrogens with one attached hydrogen (secondary N) is 2.